The highest BCUT2D eigenvalue weighted by atomic mass is 16.2. The van der Waals surface area contributed by atoms with Gasteiger partial charge in [0.15, 0.2) is 0 Å². The van der Waals surface area contributed by atoms with Crippen molar-refractivity contribution >= 4 is 28.9 Å². The van der Waals surface area contributed by atoms with E-state index in [1.165, 1.54) is 12.8 Å². The number of aryl methyl sites for hydroxylation is 1. The third-order valence-electron chi connectivity index (χ3n) is 5.77. The minimum Gasteiger partial charge on any atom is -0.370 e. The van der Waals surface area contributed by atoms with Crippen LogP contribution in [-0.4, -0.2) is 32.0 Å². The van der Waals surface area contributed by atoms with E-state index in [0.29, 0.717) is 16.8 Å². The number of hydrogen-bond donors (Lipinski definition) is 1. The molecule has 1 N–H and O–H groups in total. The van der Waals surface area contributed by atoms with Gasteiger partial charge < -0.3 is 15.1 Å². The molecular formula is C26H27N3O2. The molecule has 31 heavy (non-hydrogen) atoms. The maximum Gasteiger partial charge on any atom is 0.258 e. The van der Waals surface area contributed by atoms with Crippen LogP contribution in [0.4, 0.5) is 17.1 Å². The molecule has 0 aromatic heterocycles. The van der Waals surface area contributed by atoms with Gasteiger partial charge in [0.2, 0.25) is 0 Å². The van der Waals surface area contributed by atoms with Gasteiger partial charge in [0.25, 0.3) is 11.8 Å². The molecule has 0 spiro atoms. The molecule has 1 saturated heterocycles. The summed E-state index contributed by atoms with van der Waals surface area (Å²) in [7, 11) is 1.81. The highest BCUT2D eigenvalue weighted by Gasteiger charge is 2.21. The molecule has 158 valence electrons. The van der Waals surface area contributed by atoms with Crippen molar-refractivity contribution in [3.63, 3.8) is 0 Å². The van der Waals surface area contributed by atoms with Crippen LogP contribution in [0.3, 0.4) is 0 Å². The summed E-state index contributed by atoms with van der Waals surface area (Å²) in [5, 5.41) is 2.90. The van der Waals surface area contributed by atoms with E-state index in [1.54, 1.807) is 35.2 Å². The Labute approximate surface area is 183 Å². The number of carbonyl (C=O) groups excluding carboxylic acids is 2. The number of nitrogens with one attached hydrogen (secondary N) is 1. The minimum absolute atomic E-state index is 0.0802. The largest absolute Gasteiger partial charge is 0.370 e. The molecule has 1 aliphatic rings. The Balaban J connectivity index is 1.49. The lowest BCUT2D eigenvalue weighted by Crippen LogP contribution is -2.29. The second kappa shape index (κ2) is 9.04. The maximum absolute atomic E-state index is 13.1. The molecule has 0 radical (unpaired) electrons. The molecule has 3 aromatic rings. The first-order chi connectivity index (χ1) is 15.0. The predicted octanol–water partition coefficient (Wildman–Crippen LogP) is 5.12. The molecule has 0 aliphatic carbocycles. The van der Waals surface area contributed by atoms with Crippen molar-refractivity contribution in [2.24, 2.45) is 0 Å². The molecule has 5 nitrogen and oxygen atoms in total. The molecule has 0 unspecified atom stereocenters. The van der Waals surface area contributed by atoms with E-state index in [4.69, 9.17) is 0 Å². The monoisotopic (exact) mass is 413 g/mol. The van der Waals surface area contributed by atoms with E-state index in [2.05, 4.69) is 16.3 Å². The predicted molar refractivity (Wildman–Crippen MR) is 126 cm³/mol. The summed E-state index contributed by atoms with van der Waals surface area (Å²) in [4.78, 5) is 29.7. The lowest BCUT2D eigenvalue weighted by atomic mass is 10.1. The Hall–Kier alpha value is -3.60. The topological polar surface area (TPSA) is 52.7 Å². The quantitative estimate of drug-likeness (QED) is 0.631. The van der Waals surface area contributed by atoms with E-state index in [0.717, 1.165) is 30.0 Å². The average Bonchev–Trinajstić information content (AvgIpc) is 3.34. The Bertz CT molecular complexity index is 1090. The number of carbonyl (C=O) groups is 2. The van der Waals surface area contributed by atoms with Gasteiger partial charge >= 0.3 is 0 Å². The van der Waals surface area contributed by atoms with Crippen molar-refractivity contribution in [3.8, 4) is 0 Å². The Morgan fingerprint density at radius 3 is 2.23 bits per heavy atom. The first-order valence-corrected chi connectivity index (χ1v) is 10.6. The smallest absolute Gasteiger partial charge is 0.258 e. The first-order valence-electron chi connectivity index (χ1n) is 10.6. The Kier molecular flexibility index (Phi) is 6.03. The number of amides is 2. The number of nitrogens with zero attached hydrogens (tertiary/aromatic N) is 2. The van der Waals surface area contributed by atoms with Crippen LogP contribution < -0.4 is 15.1 Å². The van der Waals surface area contributed by atoms with Gasteiger partial charge in [-0.05, 0) is 67.8 Å². The summed E-state index contributed by atoms with van der Waals surface area (Å²) in [5.41, 5.74) is 4.80. The molecule has 4 rings (SSSR count). The number of anilines is 3. The summed E-state index contributed by atoms with van der Waals surface area (Å²) in [6.07, 6.45) is 2.36. The highest BCUT2D eigenvalue weighted by molar-refractivity contribution is 6.08. The summed E-state index contributed by atoms with van der Waals surface area (Å²) in [6.45, 7) is 3.95. The van der Waals surface area contributed by atoms with E-state index >= 15 is 0 Å². The zero-order valence-electron chi connectivity index (χ0n) is 18.0. The Morgan fingerprint density at radius 1 is 0.871 bits per heavy atom. The molecular weight excluding hydrogens is 386 g/mol. The molecule has 3 aromatic carbocycles. The van der Waals surface area contributed by atoms with Crippen LogP contribution in [0.2, 0.25) is 0 Å². The third-order valence-corrected chi connectivity index (χ3v) is 5.77. The third kappa shape index (κ3) is 4.45. The molecule has 0 saturated carbocycles. The maximum atomic E-state index is 13.1. The van der Waals surface area contributed by atoms with Crippen LogP contribution in [0.25, 0.3) is 0 Å². The van der Waals surface area contributed by atoms with E-state index in [-0.39, 0.29) is 11.8 Å². The minimum atomic E-state index is -0.158. The van der Waals surface area contributed by atoms with Crippen molar-refractivity contribution < 1.29 is 9.59 Å². The molecule has 2 amide bonds. The van der Waals surface area contributed by atoms with Crippen molar-refractivity contribution in [2.75, 3.05) is 35.3 Å². The van der Waals surface area contributed by atoms with Gasteiger partial charge in [-0.25, -0.2) is 0 Å². The average molecular weight is 414 g/mol. The fourth-order valence-electron chi connectivity index (χ4n) is 4.00. The number of benzene rings is 3. The summed E-state index contributed by atoms with van der Waals surface area (Å²) in [6, 6.07) is 22.6. The van der Waals surface area contributed by atoms with Crippen LogP contribution in [-0.2, 0) is 0 Å². The van der Waals surface area contributed by atoms with Crippen LogP contribution >= 0.6 is 0 Å². The van der Waals surface area contributed by atoms with Crippen molar-refractivity contribution in [1.29, 1.82) is 0 Å². The second-order valence-corrected chi connectivity index (χ2v) is 7.89. The van der Waals surface area contributed by atoms with E-state index < -0.39 is 0 Å². The SMILES string of the molecule is Cc1ccccc1C(=O)Nc1ccc(C(=O)N(C)c2ccccc2N2CCCC2)cc1. The normalized spacial score (nSPS) is 13.2. The lowest BCUT2D eigenvalue weighted by Gasteiger charge is -2.26. The van der Waals surface area contributed by atoms with Gasteiger partial charge in [-0.15, -0.1) is 0 Å². The van der Waals surface area contributed by atoms with Crippen LogP contribution in [0, 0.1) is 6.92 Å². The van der Waals surface area contributed by atoms with Crippen LogP contribution in [0.15, 0.2) is 72.8 Å². The number of hydrogen-bond acceptors (Lipinski definition) is 3. The molecule has 0 atom stereocenters. The molecule has 5 heteroatoms. The zero-order chi connectivity index (χ0) is 21.8. The van der Waals surface area contributed by atoms with Crippen molar-refractivity contribution in [2.45, 2.75) is 19.8 Å². The molecule has 1 aliphatic heterocycles. The summed E-state index contributed by atoms with van der Waals surface area (Å²) < 4.78 is 0. The molecule has 1 fully saturated rings. The molecule has 0 bridgehead atoms. The fraction of sp³-hybridized carbons (Fsp3) is 0.231. The lowest BCUT2D eigenvalue weighted by molar-refractivity contribution is 0.0991. The van der Waals surface area contributed by atoms with Gasteiger partial charge in [-0.2, -0.15) is 0 Å². The molecule has 1 heterocycles. The standard InChI is InChI=1S/C26H27N3O2/c1-19-9-3-4-10-22(19)25(30)27-21-15-13-20(14-16-21)26(31)28(2)23-11-5-6-12-24(23)29-17-7-8-18-29/h3-6,9-16H,7-8,17-18H2,1-2H3,(H,27,30). The number of rotatable bonds is 5. The van der Waals surface area contributed by atoms with Crippen molar-refractivity contribution in [1.82, 2.24) is 0 Å². The van der Waals surface area contributed by atoms with Crippen LogP contribution in [0.1, 0.15) is 39.1 Å². The second-order valence-electron chi connectivity index (χ2n) is 7.89. The Morgan fingerprint density at radius 2 is 1.52 bits per heavy atom. The van der Waals surface area contributed by atoms with Gasteiger partial charge in [-0.3, -0.25) is 9.59 Å². The summed E-state index contributed by atoms with van der Waals surface area (Å²) >= 11 is 0. The van der Waals surface area contributed by atoms with E-state index in [9.17, 15) is 9.59 Å². The summed E-state index contributed by atoms with van der Waals surface area (Å²) in [5.74, 6) is -0.239. The van der Waals surface area contributed by atoms with Gasteiger partial charge in [0.1, 0.15) is 0 Å². The van der Waals surface area contributed by atoms with Gasteiger partial charge in [0, 0.05) is 37.0 Å². The fourth-order valence-corrected chi connectivity index (χ4v) is 4.00. The van der Waals surface area contributed by atoms with Crippen molar-refractivity contribution in [3.05, 3.63) is 89.5 Å². The number of para-hydroxylation sites is 2. The van der Waals surface area contributed by atoms with Gasteiger partial charge in [0.05, 0.1) is 11.4 Å². The van der Waals surface area contributed by atoms with E-state index in [1.807, 2.05) is 50.4 Å². The zero-order valence-corrected chi connectivity index (χ0v) is 18.0. The first kappa shape index (κ1) is 20.7. The van der Waals surface area contributed by atoms with Crippen LogP contribution in [0.5, 0.6) is 0 Å². The van der Waals surface area contributed by atoms with Gasteiger partial charge in [-0.1, -0.05) is 30.3 Å². The highest BCUT2D eigenvalue weighted by Crippen LogP contribution is 2.31.